The molecule has 0 saturated carbocycles. The van der Waals surface area contributed by atoms with Crippen molar-refractivity contribution in [3.63, 3.8) is 0 Å². The summed E-state index contributed by atoms with van der Waals surface area (Å²) in [6.07, 6.45) is 3.39. The fourth-order valence-corrected chi connectivity index (χ4v) is 2.37. The first-order valence-corrected chi connectivity index (χ1v) is 7.74. The maximum atomic E-state index is 6.07. The molecule has 0 fully saturated rings. The number of halogens is 1. The third kappa shape index (κ3) is 4.73. The minimum atomic E-state index is 0.649. The van der Waals surface area contributed by atoms with Gasteiger partial charge in [-0.2, -0.15) is 0 Å². The fourth-order valence-electron chi connectivity index (χ4n) is 2.18. The van der Waals surface area contributed by atoms with Crippen LogP contribution in [0.25, 0.3) is 0 Å². The van der Waals surface area contributed by atoms with Crippen LogP contribution < -0.4 is 5.32 Å². The largest absolute Gasteiger partial charge is 0.380 e. The zero-order valence-electron chi connectivity index (χ0n) is 12.6. The summed E-state index contributed by atoms with van der Waals surface area (Å²) in [5, 5.41) is 3.98. The Balaban J connectivity index is 1.92. The van der Waals surface area contributed by atoms with E-state index >= 15 is 0 Å². The average Bonchev–Trinajstić information content (AvgIpc) is 2.53. The first-order chi connectivity index (χ1) is 10.2. The van der Waals surface area contributed by atoms with E-state index in [-0.39, 0.29) is 0 Å². The number of rotatable bonds is 7. The van der Waals surface area contributed by atoms with Crippen molar-refractivity contribution >= 4 is 17.3 Å². The highest BCUT2D eigenvalue weighted by Gasteiger charge is 2.02. The van der Waals surface area contributed by atoms with Gasteiger partial charge in [0.05, 0.1) is 10.7 Å². The predicted octanol–water partition coefficient (Wildman–Crippen LogP) is 4.19. The van der Waals surface area contributed by atoms with E-state index in [0.717, 1.165) is 31.9 Å². The van der Waals surface area contributed by atoms with Gasteiger partial charge in [0.2, 0.25) is 0 Å². The number of anilines is 1. The van der Waals surface area contributed by atoms with Crippen LogP contribution in [0.1, 0.15) is 25.0 Å². The molecule has 0 aliphatic heterocycles. The van der Waals surface area contributed by atoms with E-state index < -0.39 is 0 Å². The zero-order chi connectivity index (χ0) is 15.1. The lowest BCUT2D eigenvalue weighted by Crippen LogP contribution is -2.22. The van der Waals surface area contributed by atoms with Gasteiger partial charge in [-0.3, -0.25) is 9.88 Å². The third-order valence-corrected chi connectivity index (χ3v) is 3.88. The summed E-state index contributed by atoms with van der Waals surface area (Å²) < 4.78 is 0. The van der Waals surface area contributed by atoms with Crippen LogP contribution in [-0.2, 0) is 13.1 Å². The van der Waals surface area contributed by atoms with Gasteiger partial charge in [0.1, 0.15) is 0 Å². The molecule has 4 heteroatoms. The summed E-state index contributed by atoms with van der Waals surface area (Å²) in [5.74, 6) is 0. The highest BCUT2D eigenvalue weighted by atomic mass is 35.5. The van der Waals surface area contributed by atoms with Crippen molar-refractivity contribution in [2.45, 2.75) is 26.9 Å². The van der Waals surface area contributed by atoms with Crippen LogP contribution in [0.3, 0.4) is 0 Å². The molecule has 1 aromatic carbocycles. The lowest BCUT2D eigenvalue weighted by Gasteiger charge is -2.18. The molecule has 0 radical (unpaired) electrons. The maximum absolute atomic E-state index is 6.07. The van der Waals surface area contributed by atoms with E-state index in [0.29, 0.717) is 5.02 Å². The van der Waals surface area contributed by atoms with E-state index in [2.05, 4.69) is 53.3 Å². The van der Waals surface area contributed by atoms with Crippen LogP contribution in [0.4, 0.5) is 5.69 Å². The smallest absolute Gasteiger partial charge is 0.0820 e. The Labute approximate surface area is 132 Å². The second kappa shape index (κ2) is 8.01. The van der Waals surface area contributed by atoms with E-state index in [1.807, 2.05) is 6.07 Å². The van der Waals surface area contributed by atoms with E-state index in [9.17, 15) is 0 Å². The van der Waals surface area contributed by atoms with E-state index in [4.69, 9.17) is 11.6 Å². The van der Waals surface area contributed by atoms with E-state index in [1.54, 1.807) is 12.4 Å². The molecule has 2 rings (SSSR count). The molecular formula is C17H22ClN3. The van der Waals surface area contributed by atoms with Crippen molar-refractivity contribution in [2.75, 3.05) is 18.4 Å². The number of hydrogen-bond acceptors (Lipinski definition) is 3. The molecule has 1 heterocycles. The van der Waals surface area contributed by atoms with Gasteiger partial charge < -0.3 is 5.32 Å². The Hall–Kier alpha value is -1.58. The van der Waals surface area contributed by atoms with Crippen molar-refractivity contribution < 1.29 is 0 Å². The van der Waals surface area contributed by atoms with Gasteiger partial charge in [0.25, 0.3) is 0 Å². The second-order valence-corrected chi connectivity index (χ2v) is 5.39. The zero-order valence-corrected chi connectivity index (χ0v) is 13.4. The summed E-state index contributed by atoms with van der Waals surface area (Å²) in [6.45, 7) is 8.33. The van der Waals surface area contributed by atoms with Crippen LogP contribution in [0.5, 0.6) is 0 Å². The third-order valence-electron chi connectivity index (χ3n) is 3.58. The van der Waals surface area contributed by atoms with Crippen LogP contribution in [0.15, 0.2) is 42.7 Å². The molecule has 0 atom stereocenters. The van der Waals surface area contributed by atoms with Gasteiger partial charge in [-0.1, -0.05) is 49.7 Å². The van der Waals surface area contributed by atoms with Gasteiger partial charge >= 0.3 is 0 Å². The topological polar surface area (TPSA) is 28.2 Å². The van der Waals surface area contributed by atoms with Crippen LogP contribution in [-0.4, -0.2) is 23.0 Å². The van der Waals surface area contributed by atoms with Crippen LogP contribution in [0.2, 0.25) is 5.02 Å². The molecule has 0 spiro atoms. The molecule has 2 aromatic rings. The summed E-state index contributed by atoms with van der Waals surface area (Å²) in [7, 11) is 0. The molecule has 0 amide bonds. The van der Waals surface area contributed by atoms with Crippen LogP contribution in [0, 0.1) is 0 Å². The molecule has 0 aliphatic carbocycles. The molecule has 0 bridgehead atoms. The van der Waals surface area contributed by atoms with Crippen molar-refractivity contribution in [1.29, 1.82) is 0 Å². The highest BCUT2D eigenvalue weighted by Crippen LogP contribution is 2.20. The Kier molecular flexibility index (Phi) is 6.03. The normalized spacial score (nSPS) is 10.9. The van der Waals surface area contributed by atoms with Crippen molar-refractivity contribution in [3.05, 3.63) is 58.9 Å². The van der Waals surface area contributed by atoms with Crippen molar-refractivity contribution in [1.82, 2.24) is 9.88 Å². The standard InChI is InChI=1S/C17H22ClN3/c1-3-21(4-2)13-15-7-5-14(6-8-15)11-20-17-9-10-19-12-16(17)18/h5-10,12H,3-4,11,13H2,1-2H3,(H,19,20). The molecule has 0 unspecified atom stereocenters. The van der Waals surface area contributed by atoms with Gasteiger partial charge in [-0.25, -0.2) is 0 Å². The quantitative estimate of drug-likeness (QED) is 0.831. The summed E-state index contributed by atoms with van der Waals surface area (Å²) in [6, 6.07) is 10.6. The summed E-state index contributed by atoms with van der Waals surface area (Å²) in [4.78, 5) is 6.39. The SMILES string of the molecule is CCN(CC)Cc1ccc(CNc2ccncc2Cl)cc1. The summed E-state index contributed by atoms with van der Waals surface area (Å²) >= 11 is 6.07. The number of benzene rings is 1. The lowest BCUT2D eigenvalue weighted by atomic mass is 10.1. The maximum Gasteiger partial charge on any atom is 0.0820 e. The molecule has 112 valence electrons. The van der Waals surface area contributed by atoms with Gasteiger partial charge in [0.15, 0.2) is 0 Å². The van der Waals surface area contributed by atoms with Gasteiger partial charge in [-0.05, 0) is 30.3 Å². The number of aromatic nitrogens is 1. The molecule has 3 nitrogen and oxygen atoms in total. The monoisotopic (exact) mass is 303 g/mol. The number of nitrogens with one attached hydrogen (secondary N) is 1. The Morgan fingerprint density at radius 3 is 2.33 bits per heavy atom. The van der Waals surface area contributed by atoms with E-state index in [1.165, 1.54) is 11.1 Å². The molecule has 0 saturated heterocycles. The number of hydrogen-bond donors (Lipinski definition) is 1. The lowest BCUT2D eigenvalue weighted by molar-refractivity contribution is 0.296. The Morgan fingerprint density at radius 1 is 1.05 bits per heavy atom. The molecule has 0 aliphatic rings. The first kappa shape index (κ1) is 15.8. The van der Waals surface area contributed by atoms with Crippen LogP contribution >= 0.6 is 11.6 Å². The van der Waals surface area contributed by atoms with Crippen molar-refractivity contribution in [3.8, 4) is 0 Å². The number of pyridine rings is 1. The fraction of sp³-hybridized carbons (Fsp3) is 0.353. The first-order valence-electron chi connectivity index (χ1n) is 7.36. The number of nitrogens with zero attached hydrogens (tertiary/aromatic N) is 2. The molecular weight excluding hydrogens is 282 g/mol. The summed E-state index contributed by atoms with van der Waals surface area (Å²) in [5.41, 5.74) is 3.51. The highest BCUT2D eigenvalue weighted by molar-refractivity contribution is 6.33. The average molecular weight is 304 g/mol. The Morgan fingerprint density at radius 2 is 1.71 bits per heavy atom. The second-order valence-electron chi connectivity index (χ2n) is 4.99. The minimum Gasteiger partial charge on any atom is -0.380 e. The predicted molar refractivity (Wildman–Crippen MR) is 89.6 cm³/mol. The van der Waals surface area contributed by atoms with Crippen molar-refractivity contribution in [2.24, 2.45) is 0 Å². The van der Waals surface area contributed by atoms with Gasteiger partial charge in [-0.15, -0.1) is 0 Å². The molecule has 1 N–H and O–H groups in total. The van der Waals surface area contributed by atoms with Gasteiger partial charge in [0, 0.05) is 25.5 Å². The molecule has 1 aromatic heterocycles. The molecule has 21 heavy (non-hydrogen) atoms. The minimum absolute atomic E-state index is 0.649. The Bertz CT molecular complexity index is 550.